The maximum atomic E-state index is 12.0. The highest BCUT2D eigenvalue weighted by Crippen LogP contribution is 2.42. The molecule has 4 aromatic rings. The van der Waals surface area contributed by atoms with Gasteiger partial charge in [-0.15, -0.1) is 0 Å². The minimum atomic E-state index is -0.895. The second-order valence-electron chi connectivity index (χ2n) is 9.93. The summed E-state index contributed by atoms with van der Waals surface area (Å²) in [5.41, 5.74) is 6.22. The fraction of sp³-hybridized carbons (Fsp3) is 0.407. The first kappa shape index (κ1) is 21.8. The number of rotatable bonds is 4. The Morgan fingerprint density at radius 3 is 2.60 bits per heavy atom. The van der Waals surface area contributed by atoms with Crippen molar-refractivity contribution < 1.29 is 9.90 Å². The largest absolute Gasteiger partial charge is 0.465 e. The Morgan fingerprint density at radius 2 is 1.89 bits per heavy atom. The molecule has 1 aliphatic carbocycles. The maximum absolute atomic E-state index is 12.0. The fourth-order valence-electron chi connectivity index (χ4n) is 6.09. The number of imidazole rings is 1. The van der Waals surface area contributed by atoms with E-state index < -0.39 is 6.09 Å². The van der Waals surface area contributed by atoms with Crippen molar-refractivity contribution in [1.82, 2.24) is 25.0 Å². The molecule has 1 amide bonds. The molecular weight excluding hydrogens is 440 g/mol. The number of hydrogen-bond acceptors (Lipinski definition) is 4. The van der Waals surface area contributed by atoms with E-state index in [1.165, 1.54) is 10.5 Å². The third-order valence-electron chi connectivity index (χ3n) is 7.85. The summed E-state index contributed by atoms with van der Waals surface area (Å²) in [5.74, 6) is 1.50. The second kappa shape index (κ2) is 8.83. The molecule has 0 unspecified atom stereocenters. The predicted octanol–water partition coefficient (Wildman–Crippen LogP) is 5.46. The molecule has 0 bridgehead atoms. The van der Waals surface area contributed by atoms with Gasteiger partial charge in [-0.1, -0.05) is 30.3 Å². The highest BCUT2D eigenvalue weighted by Gasteiger charge is 2.32. The number of fused-ring (bicyclic) bond motifs is 3. The van der Waals surface area contributed by atoms with Crippen LogP contribution < -0.4 is 4.90 Å². The molecule has 8 heteroatoms. The van der Waals surface area contributed by atoms with E-state index in [0.717, 1.165) is 78.7 Å². The van der Waals surface area contributed by atoms with Crippen LogP contribution in [-0.2, 0) is 12.8 Å². The number of H-pyrrole nitrogens is 1. The molecular formula is C27H30N6O2. The molecule has 8 nitrogen and oxygen atoms in total. The lowest BCUT2D eigenvalue weighted by molar-refractivity contribution is 0.198. The van der Waals surface area contributed by atoms with Gasteiger partial charge in [-0.2, -0.15) is 15.4 Å². The van der Waals surface area contributed by atoms with Crippen LogP contribution in [0, 0.1) is 0 Å². The molecule has 2 aliphatic rings. The third kappa shape index (κ3) is 3.87. The SMILES string of the molecule is C[C@H]1CCc2c(ccc3c2nc(Cc2ccccc2)n3C2CCC(c3cn[nH]n3)CC2)N1C(=O)O. The average molecular weight is 471 g/mol. The van der Waals surface area contributed by atoms with Gasteiger partial charge in [0.15, 0.2) is 0 Å². The summed E-state index contributed by atoms with van der Waals surface area (Å²) in [6.07, 6.45) is 7.61. The molecule has 0 saturated heterocycles. The maximum Gasteiger partial charge on any atom is 0.412 e. The number of nitrogens with one attached hydrogen (secondary N) is 1. The van der Waals surface area contributed by atoms with Gasteiger partial charge in [0.2, 0.25) is 0 Å². The van der Waals surface area contributed by atoms with Crippen LogP contribution in [-0.4, -0.2) is 42.2 Å². The van der Waals surface area contributed by atoms with Crippen LogP contribution in [0.3, 0.4) is 0 Å². The van der Waals surface area contributed by atoms with Gasteiger partial charge in [0.1, 0.15) is 5.82 Å². The highest BCUT2D eigenvalue weighted by molar-refractivity contribution is 5.94. The number of carboxylic acid groups (broad SMARTS) is 1. The normalized spacial score (nSPS) is 22.3. The summed E-state index contributed by atoms with van der Waals surface area (Å²) < 4.78 is 2.45. The van der Waals surface area contributed by atoms with E-state index in [1.807, 2.05) is 25.3 Å². The number of carbonyl (C=O) groups is 1. The Morgan fingerprint density at radius 1 is 1.09 bits per heavy atom. The van der Waals surface area contributed by atoms with Gasteiger partial charge >= 0.3 is 6.09 Å². The van der Waals surface area contributed by atoms with Crippen molar-refractivity contribution in [1.29, 1.82) is 0 Å². The molecule has 1 atom stereocenters. The number of aryl methyl sites for hydroxylation is 1. The van der Waals surface area contributed by atoms with E-state index in [9.17, 15) is 9.90 Å². The van der Waals surface area contributed by atoms with Gasteiger partial charge in [0.25, 0.3) is 0 Å². The molecule has 0 spiro atoms. The fourth-order valence-corrected chi connectivity index (χ4v) is 6.09. The molecule has 0 radical (unpaired) electrons. The monoisotopic (exact) mass is 470 g/mol. The Balaban J connectivity index is 1.42. The van der Waals surface area contributed by atoms with E-state index >= 15 is 0 Å². The Kier molecular flexibility index (Phi) is 5.51. The van der Waals surface area contributed by atoms with Gasteiger partial charge in [-0.05, 0) is 63.1 Å². The van der Waals surface area contributed by atoms with E-state index in [4.69, 9.17) is 4.98 Å². The van der Waals surface area contributed by atoms with Gasteiger partial charge in [0, 0.05) is 30.0 Å². The van der Waals surface area contributed by atoms with Crippen molar-refractivity contribution in [2.24, 2.45) is 0 Å². The number of amides is 1. The van der Waals surface area contributed by atoms with Crippen LogP contribution in [0.5, 0.6) is 0 Å². The molecule has 2 aromatic heterocycles. The van der Waals surface area contributed by atoms with Crippen LogP contribution in [0.15, 0.2) is 48.7 Å². The van der Waals surface area contributed by atoms with Crippen molar-refractivity contribution in [2.75, 3.05) is 4.90 Å². The number of benzene rings is 2. The van der Waals surface area contributed by atoms with E-state index in [2.05, 4.69) is 50.3 Å². The molecule has 3 heterocycles. The predicted molar refractivity (Wildman–Crippen MR) is 134 cm³/mol. The van der Waals surface area contributed by atoms with Gasteiger partial charge in [-0.3, -0.25) is 4.90 Å². The lowest BCUT2D eigenvalue weighted by Gasteiger charge is -2.33. The molecule has 35 heavy (non-hydrogen) atoms. The standard InChI is InChI=1S/C27H30N6O2/c1-17-7-12-21-23(32(17)27(34)35)13-14-24-26(21)29-25(15-18-5-3-2-4-6-18)33(24)20-10-8-19(9-11-20)22-16-28-31-30-22/h2-6,13-14,16-17,19-20H,7-12,15H2,1H3,(H,34,35)(H,28,30,31)/t17-,19?,20?/m0/s1. The van der Waals surface area contributed by atoms with Gasteiger partial charge in [-0.25, -0.2) is 9.78 Å². The smallest absolute Gasteiger partial charge is 0.412 e. The Hall–Kier alpha value is -3.68. The lowest BCUT2D eigenvalue weighted by Crippen LogP contribution is -2.41. The Labute approximate surface area is 204 Å². The first-order valence-corrected chi connectivity index (χ1v) is 12.5. The van der Waals surface area contributed by atoms with Crippen LogP contribution in [0.2, 0.25) is 0 Å². The average Bonchev–Trinajstić information content (AvgIpc) is 3.53. The zero-order valence-corrected chi connectivity index (χ0v) is 19.9. The van der Waals surface area contributed by atoms with E-state index in [1.54, 1.807) is 0 Å². The second-order valence-corrected chi connectivity index (χ2v) is 9.93. The Bertz CT molecular complexity index is 1340. The summed E-state index contributed by atoms with van der Waals surface area (Å²) in [6.45, 7) is 1.98. The van der Waals surface area contributed by atoms with Crippen molar-refractivity contribution in [3.8, 4) is 0 Å². The number of aromatic amines is 1. The molecule has 2 aromatic carbocycles. The minimum Gasteiger partial charge on any atom is -0.465 e. The zero-order valence-electron chi connectivity index (χ0n) is 19.9. The summed E-state index contributed by atoms with van der Waals surface area (Å²) in [4.78, 5) is 18.8. The minimum absolute atomic E-state index is 0.0323. The summed E-state index contributed by atoms with van der Waals surface area (Å²) in [6, 6.07) is 14.9. The molecule has 180 valence electrons. The summed E-state index contributed by atoms with van der Waals surface area (Å²) in [7, 11) is 0. The van der Waals surface area contributed by atoms with Crippen molar-refractivity contribution in [3.05, 3.63) is 71.3 Å². The zero-order chi connectivity index (χ0) is 23.9. The van der Waals surface area contributed by atoms with E-state index in [0.29, 0.717) is 12.0 Å². The molecule has 1 saturated carbocycles. The van der Waals surface area contributed by atoms with Crippen molar-refractivity contribution in [3.63, 3.8) is 0 Å². The molecule has 1 aliphatic heterocycles. The van der Waals surface area contributed by atoms with Gasteiger partial charge in [0.05, 0.1) is 28.6 Å². The molecule has 1 fully saturated rings. The van der Waals surface area contributed by atoms with Crippen LogP contribution in [0.1, 0.15) is 73.6 Å². The molecule has 6 rings (SSSR count). The van der Waals surface area contributed by atoms with Crippen molar-refractivity contribution >= 4 is 22.8 Å². The van der Waals surface area contributed by atoms with Crippen molar-refractivity contribution in [2.45, 2.75) is 69.9 Å². The lowest BCUT2D eigenvalue weighted by atomic mass is 9.84. The van der Waals surface area contributed by atoms with Crippen LogP contribution in [0.25, 0.3) is 11.0 Å². The van der Waals surface area contributed by atoms with Gasteiger partial charge < -0.3 is 9.67 Å². The third-order valence-corrected chi connectivity index (χ3v) is 7.85. The van der Waals surface area contributed by atoms with Crippen LogP contribution in [0.4, 0.5) is 10.5 Å². The number of hydrogen-bond donors (Lipinski definition) is 2. The summed E-state index contributed by atoms with van der Waals surface area (Å²) in [5, 5.41) is 20.9. The van der Waals surface area contributed by atoms with Crippen LogP contribution >= 0.6 is 0 Å². The topological polar surface area (TPSA) is 99.9 Å². The quantitative estimate of drug-likeness (QED) is 0.412. The number of anilines is 1. The first-order valence-electron chi connectivity index (χ1n) is 12.5. The highest BCUT2D eigenvalue weighted by atomic mass is 16.4. The summed E-state index contributed by atoms with van der Waals surface area (Å²) >= 11 is 0. The number of nitrogens with zero attached hydrogens (tertiary/aromatic N) is 5. The van der Waals surface area contributed by atoms with E-state index in [-0.39, 0.29) is 6.04 Å². The first-order chi connectivity index (χ1) is 17.1. The number of aromatic nitrogens is 5. The molecule has 2 N–H and O–H groups in total.